The average Bonchev–Trinajstić information content (AvgIpc) is 2.95. The minimum atomic E-state index is -0.0238. The molecule has 0 aliphatic heterocycles. The Labute approximate surface area is 141 Å². The number of aromatic amines is 1. The van der Waals surface area contributed by atoms with Crippen LogP contribution in [0.4, 0.5) is 0 Å². The Kier molecular flexibility index (Phi) is 6.61. The van der Waals surface area contributed by atoms with Gasteiger partial charge in [-0.3, -0.25) is 9.89 Å². The van der Waals surface area contributed by atoms with Crippen LogP contribution >= 0.6 is 11.8 Å². The van der Waals surface area contributed by atoms with E-state index >= 15 is 0 Å². The zero-order valence-electron chi connectivity index (χ0n) is 13.8. The number of hydrogen-bond acceptors (Lipinski definition) is 5. The Morgan fingerprint density at radius 2 is 2.22 bits per heavy atom. The van der Waals surface area contributed by atoms with Crippen molar-refractivity contribution in [2.75, 3.05) is 27.2 Å². The predicted octanol–water partition coefficient (Wildman–Crippen LogP) is 2.09. The van der Waals surface area contributed by atoms with Crippen molar-refractivity contribution in [3.05, 3.63) is 41.2 Å². The van der Waals surface area contributed by atoms with E-state index in [1.54, 1.807) is 11.8 Å². The number of hydrogen-bond donors (Lipinski definition) is 2. The standard InChI is InChI=1S/C16H23N5OS/c1-12-18-16(20-19-12)23-11-13-6-4-7-14(10-13)15(22)17-8-5-9-21(2)3/h4,6-7,10H,5,8-9,11H2,1-3H3,(H,17,22)(H,18,19,20). The minimum absolute atomic E-state index is 0.0238. The van der Waals surface area contributed by atoms with E-state index in [2.05, 4.69) is 25.4 Å². The molecule has 1 heterocycles. The third-order valence-corrected chi connectivity index (χ3v) is 4.12. The summed E-state index contributed by atoms with van der Waals surface area (Å²) >= 11 is 1.55. The molecule has 0 aliphatic carbocycles. The molecular formula is C16H23N5OS. The molecule has 0 unspecified atom stereocenters. The van der Waals surface area contributed by atoms with Crippen LogP contribution in [0, 0.1) is 6.92 Å². The van der Waals surface area contributed by atoms with Crippen molar-refractivity contribution in [1.82, 2.24) is 25.4 Å². The summed E-state index contributed by atoms with van der Waals surface area (Å²) in [5.74, 6) is 1.52. The molecule has 1 aromatic heterocycles. The van der Waals surface area contributed by atoms with Gasteiger partial charge in [-0.05, 0) is 51.7 Å². The summed E-state index contributed by atoms with van der Waals surface area (Å²) in [6.45, 7) is 3.53. The van der Waals surface area contributed by atoms with Gasteiger partial charge < -0.3 is 10.2 Å². The van der Waals surface area contributed by atoms with Gasteiger partial charge in [0.2, 0.25) is 5.16 Å². The van der Waals surface area contributed by atoms with E-state index in [0.29, 0.717) is 12.1 Å². The summed E-state index contributed by atoms with van der Waals surface area (Å²) in [4.78, 5) is 18.5. The molecule has 0 fully saturated rings. The molecule has 7 heteroatoms. The number of carbonyl (C=O) groups excluding carboxylic acids is 1. The third-order valence-electron chi connectivity index (χ3n) is 3.20. The lowest BCUT2D eigenvalue weighted by atomic mass is 10.1. The zero-order chi connectivity index (χ0) is 16.7. The van der Waals surface area contributed by atoms with Crippen LogP contribution in [0.3, 0.4) is 0 Å². The molecule has 23 heavy (non-hydrogen) atoms. The zero-order valence-corrected chi connectivity index (χ0v) is 14.6. The van der Waals surface area contributed by atoms with Crippen LogP contribution < -0.4 is 5.32 Å². The molecule has 0 saturated heterocycles. The maximum Gasteiger partial charge on any atom is 0.251 e. The number of H-pyrrole nitrogens is 1. The first-order valence-corrected chi connectivity index (χ1v) is 8.57. The first-order valence-electron chi connectivity index (χ1n) is 7.58. The maximum atomic E-state index is 12.2. The van der Waals surface area contributed by atoms with E-state index < -0.39 is 0 Å². The van der Waals surface area contributed by atoms with Crippen molar-refractivity contribution < 1.29 is 4.79 Å². The van der Waals surface area contributed by atoms with Gasteiger partial charge in [-0.2, -0.15) is 0 Å². The molecule has 2 rings (SSSR count). The number of nitrogens with one attached hydrogen (secondary N) is 2. The highest BCUT2D eigenvalue weighted by Crippen LogP contribution is 2.19. The second kappa shape index (κ2) is 8.69. The van der Waals surface area contributed by atoms with Crippen LogP contribution in [0.1, 0.15) is 28.2 Å². The number of amides is 1. The summed E-state index contributed by atoms with van der Waals surface area (Å²) in [5.41, 5.74) is 1.78. The molecule has 2 aromatic rings. The van der Waals surface area contributed by atoms with Crippen LogP contribution in [-0.4, -0.2) is 53.2 Å². The summed E-state index contributed by atoms with van der Waals surface area (Å²) in [6.07, 6.45) is 0.943. The van der Waals surface area contributed by atoms with Gasteiger partial charge in [0, 0.05) is 17.9 Å². The van der Waals surface area contributed by atoms with E-state index in [4.69, 9.17) is 0 Å². The highest BCUT2D eigenvalue weighted by Gasteiger charge is 2.07. The molecule has 1 aromatic carbocycles. The lowest BCUT2D eigenvalue weighted by Gasteiger charge is -2.10. The number of carbonyl (C=O) groups is 1. The van der Waals surface area contributed by atoms with Gasteiger partial charge >= 0.3 is 0 Å². The van der Waals surface area contributed by atoms with Gasteiger partial charge in [-0.25, -0.2) is 4.98 Å². The van der Waals surface area contributed by atoms with Crippen LogP contribution in [0.2, 0.25) is 0 Å². The van der Waals surface area contributed by atoms with E-state index in [1.807, 2.05) is 45.3 Å². The van der Waals surface area contributed by atoms with Crippen LogP contribution in [0.25, 0.3) is 0 Å². The quantitative estimate of drug-likeness (QED) is 0.571. The van der Waals surface area contributed by atoms with E-state index in [0.717, 1.165) is 35.3 Å². The van der Waals surface area contributed by atoms with E-state index in [1.165, 1.54) is 0 Å². The van der Waals surface area contributed by atoms with Crippen molar-refractivity contribution in [2.24, 2.45) is 0 Å². The Morgan fingerprint density at radius 1 is 1.39 bits per heavy atom. The second-order valence-corrected chi connectivity index (χ2v) is 6.55. The summed E-state index contributed by atoms with van der Waals surface area (Å²) in [5, 5.41) is 10.6. The van der Waals surface area contributed by atoms with Gasteiger partial charge in [-0.1, -0.05) is 23.9 Å². The SMILES string of the molecule is Cc1nc(SCc2cccc(C(=O)NCCCN(C)C)c2)n[nH]1. The predicted molar refractivity (Wildman–Crippen MR) is 92.6 cm³/mol. The average molecular weight is 333 g/mol. The molecule has 0 radical (unpaired) electrons. The molecule has 0 saturated carbocycles. The smallest absolute Gasteiger partial charge is 0.251 e. The summed E-state index contributed by atoms with van der Waals surface area (Å²) in [7, 11) is 4.05. The number of rotatable bonds is 8. The fourth-order valence-corrected chi connectivity index (χ4v) is 2.82. The molecule has 6 nitrogen and oxygen atoms in total. The molecular weight excluding hydrogens is 310 g/mol. The van der Waals surface area contributed by atoms with E-state index in [9.17, 15) is 4.79 Å². The Morgan fingerprint density at radius 3 is 2.91 bits per heavy atom. The molecule has 0 atom stereocenters. The summed E-state index contributed by atoms with van der Waals surface area (Å²) in [6, 6.07) is 7.68. The fourth-order valence-electron chi connectivity index (χ4n) is 2.04. The molecule has 0 aliphatic rings. The van der Waals surface area contributed by atoms with Gasteiger partial charge in [0.05, 0.1) is 0 Å². The third kappa shape index (κ3) is 6.03. The van der Waals surface area contributed by atoms with Gasteiger partial charge in [0.25, 0.3) is 5.91 Å². The van der Waals surface area contributed by atoms with Gasteiger partial charge in [0.1, 0.15) is 5.82 Å². The monoisotopic (exact) mass is 333 g/mol. The van der Waals surface area contributed by atoms with Crippen LogP contribution in [-0.2, 0) is 5.75 Å². The Bertz CT molecular complexity index is 641. The van der Waals surface area contributed by atoms with Crippen molar-refractivity contribution in [3.63, 3.8) is 0 Å². The van der Waals surface area contributed by atoms with Gasteiger partial charge in [0.15, 0.2) is 0 Å². The van der Waals surface area contributed by atoms with Crippen LogP contribution in [0.5, 0.6) is 0 Å². The lowest BCUT2D eigenvalue weighted by molar-refractivity contribution is 0.0952. The molecule has 1 amide bonds. The molecule has 0 spiro atoms. The highest BCUT2D eigenvalue weighted by atomic mass is 32.2. The summed E-state index contributed by atoms with van der Waals surface area (Å²) < 4.78 is 0. The topological polar surface area (TPSA) is 73.9 Å². The Hall–Kier alpha value is -1.86. The Balaban J connectivity index is 1.84. The maximum absolute atomic E-state index is 12.2. The number of aromatic nitrogens is 3. The number of thioether (sulfide) groups is 1. The van der Waals surface area contributed by atoms with Crippen LogP contribution in [0.15, 0.2) is 29.4 Å². The first kappa shape index (κ1) is 17.5. The van der Waals surface area contributed by atoms with Gasteiger partial charge in [-0.15, -0.1) is 5.10 Å². The number of nitrogens with zero attached hydrogens (tertiary/aromatic N) is 3. The minimum Gasteiger partial charge on any atom is -0.352 e. The second-order valence-electron chi connectivity index (χ2n) is 5.61. The fraction of sp³-hybridized carbons (Fsp3) is 0.438. The van der Waals surface area contributed by atoms with Crippen molar-refractivity contribution >= 4 is 17.7 Å². The first-order chi connectivity index (χ1) is 11.0. The number of benzene rings is 1. The normalized spacial score (nSPS) is 11.0. The number of aryl methyl sites for hydroxylation is 1. The largest absolute Gasteiger partial charge is 0.352 e. The van der Waals surface area contributed by atoms with Crippen molar-refractivity contribution in [1.29, 1.82) is 0 Å². The highest BCUT2D eigenvalue weighted by molar-refractivity contribution is 7.98. The van der Waals surface area contributed by atoms with Crippen molar-refractivity contribution in [2.45, 2.75) is 24.3 Å². The van der Waals surface area contributed by atoms with Crippen molar-refractivity contribution in [3.8, 4) is 0 Å². The van der Waals surface area contributed by atoms with E-state index in [-0.39, 0.29) is 5.91 Å². The molecule has 124 valence electrons. The molecule has 2 N–H and O–H groups in total. The lowest BCUT2D eigenvalue weighted by Crippen LogP contribution is -2.27. The molecule has 0 bridgehead atoms.